The monoisotopic (exact) mass is 411 g/mol. The fraction of sp³-hybridized carbons (Fsp3) is 0.100. The Morgan fingerprint density at radius 1 is 1.18 bits per heavy atom. The molecule has 0 saturated carbocycles. The summed E-state index contributed by atoms with van der Waals surface area (Å²) in [5.74, 6) is 0. The number of carbonyl (C=O) groups is 1. The molecule has 1 unspecified atom stereocenters. The molecule has 0 saturated heterocycles. The predicted molar refractivity (Wildman–Crippen MR) is 114 cm³/mol. The summed E-state index contributed by atoms with van der Waals surface area (Å²) in [4.78, 5) is 19.7. The molecule has 2 heterocycles. The van der Waals surface area contributed by atoms with E-state index >= 15 is 0 Å². The van der Waals surface area contributed by atoms with Crippen LogP contribution < -0.4 is 21.3 Å². The van der Waals surface area contributed by atoms with E-state index < -0.39 is 0 Å². The number of urea groups is 1. The standard InChI is InChI=1S/C20H18ClN5OS/c21-15-7-3-5-13(11-22)18(15)26-16-8-1-2-9-17(16)28-20(26)25-19(27)24-14-6-4-10-23-12-14/h1-10,12,20H,11,22H2,(H2,24,25,27). The quantitative estimate of drug-likeness (QED) is 0.586. The van der Waals surface area contributed by atoms with Gasteiger partial charge >= 0.3 is 6.03 Å². The van der Waals surface area contributed by atoms with Crippen LogP contribution in [0.5, 0.6) is 0 Å². The zero-order valence-corrected chi connectivity index (χ0v) is 16.4. The second-order valence-electron chi connectivity index (χ2n) is 6.10. The van der Waals surface area contributed by atoms with Crippen molar-refractivity contribution in [1.29, 1.82) is 0 Å². The van der Waals surface area contributed by atoms with Crippen molar-refractivity contribution in [3.05, 3.63) is 77.6 Å². The number of nitrogens with two attached hydrogens (primary N) is 1. The van der Waals surface area contributed by atoms with E-state index in [9.17, 15) is 4.79 Å². The third-order valence-corrected chi connectivity index (χ3v) is 5.76. The summed E-state index contributed by atoms with van der Waals surface area (Å²) in [6, 6.07) is 16.8. The van der Waals surface area contributed by atoms with Crippen LogP contribution in [-0.4, -0.2) is 16.5 Å². The zero-order valence-electron chi connectivity index (χ0n) is 14.8. The fourth-order valence-corrected chi connectivity index (χ4v) is 4.56. The highest BCUT2D eigenvalue weighted by Gasteiger charge is 2.34. The van der Waals surface area contributed by atoms with Gasteiger partial charge < -0.3 is 21.3 Å². The third-order valence-electron chi connectivity index (χ3n) is 4.30. The minimum Gasteiger partial charge on any atom is -0.326 e. The number of para-hydroxylation sites is 2. The van der Waals surface area contributed by atoms with Gasteiger partial charge in [0, 0.05) is 17.6 Å². The minimum absolute atomic E-state index is 0.329. The predicted octanol–water partition coefficient (Wildman–Crippen LogP) is 4.54. The van der Waals surface area contributed by atoms with E-state index in [1.165, 1.54) is 0 Å². The van der Waals surface area contributed by atoms with E-state index in [2.05, 4.69) is 15.6 Å². The fourth-order valence-electron chi connectivity index (χ4n) is 3.10. The molecule has 8 heteroatoms. The minimum atomic E-state index is -0.376. The van der Waals surface area contributed by atoms with Crippen LogP contribution >= 0.6 is 23.4 Å². The first kappa shape index (κ1) is 18.6. The summed E-state index contributed by atoms with van der Waals surface area (Å²) < 4.78 is 0. The smallest absolute Gasteiger partial charge is 0.321 e. The summed E-state index contributed by atoms with van der Waals surface area (Å²) in [5.41, 5.74) is 8.88. The summed E-state index contributed by atoms with van der Waals surface area (Å²) in [6.45, 7) is 0.341. The van der Waals surface area contributed by atoms with Crippen molar-refractivity contribution in [2.75, 3.05) is 10.2 Å². The molecule has 1 aliphatic heterocycles. The van der Waals surface area contributed by atoms with Gasteiger partial charge in [0.15, 0.2) is 5.50 Å². The van der Waals surface area contributed by atoms with Gasteiger partial charge in [-0.15, -0.1) is 0 Å². The van der Waals surface area contributed by atoms with Crippen molar-refractivity contribution in [2.45, 2.75) is 16.9 Å². The van der Waals surface area contributed by atoms with E-state index in [1.54, 1.807) is 36.3 Å². The van der Waals surface area contributed by atoms with E-state index in [0.717, 1.165) is 21.8 Å². The van der Waals surface area contributed by atoms with E-state index in [0.29, 0.717) is 17.3 Å². The van der Waals surface area contributed by atoms with Gasteiger partial charge in [0.05, 0.1) is 28.3 Å². The van der Waals surface area contributed by atoms with Gasteiger partial charge in [0.2, 0.25) is 0 Å². The largest absolute Gasteiger partial charge is 0.326 e. The van der Waals surface area contributed by atoms with Crippen LogP contribution in [0.4, 0.5) is 21.9 Å². The number of hydrogen-bond donors (Lipinski definition) is 3. The molecule has 142 valence electrons. The molecule has 1 atom stereocenters. The highest BCUT2D eigenvalue weighted by Crippen LogP contribution is 2.49. The Bertz CT molecular complexity index is 1000. The van der Waals surface area contributed by atoms with Gasteiger partial charge in [0.25, 0.3) is 0 Å². The second kappa shape index (κ2) is 8.10. The normalized spacial score (nSPS) is 15.2. The number of thioether (sulfide) groups is 1. The van der Waals surface area contributed by atoms with Crippen molar-refractivity contribution in [3.8, 4) is 0 Å². The SMILES string of the molecule is NCc1cccc(Cl)c1N1c2ccccc2SC1NC(=O)Nc1cccnc1. The lowest BCUT2D eigenvalue weighted by Gasteiger charge is -2.29. The summed E-state index contributed by atoms with van der Waals surface area (Å²) >= 11 is 8.09. The number of fused-ring (bicyclic) bond motifs is 1. The highest BCUT2D eigenvalue weighted by molar-refractivity contribution is 8.00. The van der Waals surface area contributed by atoms with Crippen LogP contribution in [0.3, 0.4) is 0 Å². The molecule has 4 N–H and O–H groups in total. The number of aromatic nitrogens is 1. The number of amides is 2. The number of rotatable bonds is 4. The Hall–Kier alpha value is -2.74. The lowest BCUT2D eigenvalue weighted by molar-refractivity contribution is 0.251. The first-order chi connectivity index (χ1) is 13.7. The molecule has 3 aromatic rings. The van der Waals surface area contributed by atoms with E-state index in [1.807, 2.05) is 47.4 Å². The van der Waals surface area contributed by atoms with Gasteiger partial charge in [-0.1, -0.05) is 47.6 Å². The Labute approximate surface area is 172 Å². The molecule has 0 fully saturated rings. The van der Waals surface area contributed by atoms with Crippen molar-refractivity contribution in [1.82, 2.24) is 10.3 Å². The maximum absolute atomic E-state index is 12.6. The number of benzene rings is 2. The average molecular weight is 412 g/mol. The topological polar surface area (TPSA) is 83.3 Å². The second-order valence-corrected chi connectivity index (χ2v) is 7.63. The summed E-state index contributed by atoms with van der Waals surface area (Å²) in [5, 5.41) is 6.40. The van der Waals surface area contributed by atoms with Crippen molar-refractivity contribution in [3.63, 3.8) is 0 Å². The molecule has 2 amide bonds. The molecule has 2 aromatic carbocycles. The molecule has 4 rings (SSSR count). The van der Waals surface area contributed by atoms with Crippen LogP contribution in [0.15, 0.2) is 71.9 Å². The Morgan fingerprint density at radius 2 is 2.04 bits per heavy atom. The lowest BCUT2D eigenvalue weighted by atomic mass is 10.1. The molecule has 1 aromatic heterocycles. The Morgan fingerprint density at radius 3 is 2.82 bits per heavy atom. The van der Waals surface area contributed by atoms with Crippen LogP contribution in [0.25, 0.3) is 0 Å². The van der Waals surface area contributed by atoms with Crippen LogP contribution in [0, 0.1) is 0 Å². The Kier molecular flexibility index (Phi) is 5.38. The molecule has 0 aliphatic carbocycles. The third kappa shape index (κ3) is 3.64. The maximum atomic E-state index is 12.6. The number of nitrogens with zero attached hydrogens (tertiary/aromatic N) is 2. The van der Waals surface area contributed by atoms with E-state index in [-0.39, 0.29) is 11.5 Å². The molecular weight excluding hydrogens is 394 g/mol. The van der Waals surface area contributed by atoms with Crippen LogP contribution in [0.1, 0.15) is 5.56 Å². The van der Waals surface area contributed by atoms with E-state index in [4.69, 9.17) is 17.3 Å². The number of pyridine rings is 1. The molecule has 28 heavy (non-hydrogen) atoms. The number of hydrogen-bond acceptors (Lipinski definition) is 5. The number of anilines is 3. The molecule has 6 nitrogen and oxygen atoms in total. The van der Waals surface area contributed by atoms with Crippen LogP contribution in [-0.2, 0) is 6.54 Å². The van der Waals surface area contributed by atoms with Crippen molar-refractivity contribution in [2.24, 2.45) is 5.73 Å². The molecular formula is C20H18ClN5OS. The lowest BCUT2D eigenvalue weighted by Crippen LogP contribution is -2.44. The first-order valence-corrected chi connectivity index (χ1v) is 9.93. The first-order valence-electron chi connectivity index (χ1n) is 8.67. The Balaban J connectivity index is 1.66. The van der Waals surface area contributed by atoms with Gasteiger partial charge in [-0.3, -0.25) is 4.98 Å². The molecule has 0 bridgehead atoms. The van der Waals surface area contributed by atoms with Crippen molar-refractivity contribution < 1.29 is 4.79 Å². The number of carbonyl (C=O) groups excluding carboxylic acids is 1. The molecule has 0 radical (unpaired) electrons. The van der Waals surface area contributed by atoms with Gasteiger partial charge in [-0.2, -0.15) is 0 Å². The summed E-state index contributed by atoms with van der Waals surface area (Å²) in [6.07, 6.45) is 3.24. The van der Waals surface area contributed by atoms with Gasteiger partial charge in [-0.25, -0.2) is 4.79 Å². The number of nitrogens with one attached hydrogen (secondary N) is 2. The van der Waals surface area contributed by atoms with Gasteiger partial charge in [0.1, 0.15) is 0 Å². The zero-order chi connectivity index (χ0) is 19.5. The maximum Gasteiger partial charge on any atom is 0.321 e. The highest BCUT2D eigenvalue weighted by atomic mass is 35.5. The van der Waals surface area contributed by atoms with Crippen LogP contribution in [0.2, 0.25) is 5.02 Å². The molecule has 0 spiro atoms. The average Bonchev–Trinajstić information content (AvgIpc) is 3.05. The van der Waals surface area contributed by atoms with Crippen molar-refractivity contribution >= 4 is 46.5 Å². The molecule has 1 aliphatic rings. The summed E-state index contributed by atoms with van der Waals surface area (Å²) in [7, 11) is 0. The van der Waals surface area contributed by atoms with Gasteiger partial charge in [-0.05, 0) is 35.9 Å². The number of halogens is 1.